The van der Waals surface area contributed by atoms with Gasteiger partial charge in [0.15, 0.2) is 0 Å². The summed E-state index contributed by atoms with van der Waals surface area (Å²) in [5.41, 5.74) is 10.7. The van der Waals surface area contributed by atoms with Gasteiger partial charge in [-0.1, -0.05) is 93.9 Å². The molecule has 1 atom stereocenters. The van der Waals surface area contributed by atoms with E-state index in [4.69, 9.17) is 4.98 Å². The summed E-state index contributed by atoms with van der Waals surface area (Å²) in [5, 5.41) is 0. The van der Waals surface area contributed by atoms with E-state index in [-0.39, 0.29) is 0 Å². The molecule has 0 aliphatic carbocycles. The average molecular weight is 506 g/mol. The van der Waals surface area contributed by atoms with Crippen LogP contribution in [0.15, 0.2) is 72.8 Å². The van der Waals surface area contributed by atoms with Crippen molar-refractivity contribution < 1.29 is 0 Å². The Balaban J connectivity index is 1.68. The van der Waals surface area contributed by atoms with Crippen molar-refractivity contribution in [3.05, 3.63) is 101 Å². The highest BCUT2D eigenvalue weighted by Gasteiger charge is 2.28. The molecule has 3 aromatic carbocycles. The van der Waals surface area contributed by atoms with Gasteiger partial charge in [-0.25, -0.2) is 4.98 Å². The van der Waals surface area contributed by atoms with Crippen LogP contribution < -0.4 is 0 Å². The van der Waals surface area contributed by atoms with Crippen molar-refractivity contribution in [2.45, 2.75) is 85.4 Å². The van der Waals surface area contributed by atoms with E-state index in [2.05, 4.69) is 110 Å². The van der Waals surface area contributed by atoms with Crippen LogP contribution >= 0.6 is 0 Å². The van der Waals surface area contributed by atoms with E-state index in [0.29, 0.717) is 6.04 Å². The summed E-state index contributed by atoms with van der Waals surface area (Å²) in [5.74, 6) is 1.14. The Morgan fingerprint density at radius 2 is 1.53 bits per heavy atom. The zero-order valence-electron chi connectivity index (χ0n) is 23.7. The highest BCUT2D eigenvalue weighted by Crippen LogP contribution is 2.38. The topological polar surface area (TPSA) is 21.1 Å². The van der Waals surface area contributed by atoms with Crippen molar-refractivity contribution in [3.63, 3.8) is 0 Å². The maximum absolute atomic E-state index is 5.51. The second-order valence-corrected chi connectivity index (χ2v) is 10.6. The zero-order valence-corrected chi connectivity index (χ0v) is 23.7. The molecule has 2 heterocycles. The van der Waals surface area contributed by atoms with Crippen LogP contribution in [0.4, 0.5) is 0 Å². The summed E-state index contributed by atoms with van der Waals surface area (Å²) >= 11 is 0. The van der Waals surface area contributed by atoms with Crippen LogP contribution in [0.25, 0.3) is 22.6 Å². The van der Waals surface area contributed by atoms with Crippen LogP contribution in [-0.4, -0.2) is 21.0 Å². The van der Waals surface area contributed by atoms with Gasteiger partial charge >= 0.3 is 0 Å². The number of benzene rings is 3. The Bertz CT molecular complexity index is 1330. The fourth-order valence-corrected chi connectivity index (χ4v) is 6.30. The molecule has 3 nitrogen and oxygen atoms in total. The molecule has 1 aromatic heterocycles. The van der Waals surface area contributed by atoms with Crippen LogP contribution in [0.1, 0.15) is 80.9 Å². The highest BCUT2D eigenvalue weighted by atomic mass is 15.2. The largest absolute Gasteiger partial charge is 0.327 e. The number of imidazole rings is 1. The molecule has 1 aliphatic heterocycles. The van der Waals surface area contributed by atoms with E-state index >= 15 is 0 Å². The third-order valence-electron chi connectivity index (χ3n) is 8.37. The molecule has 198 valence electrons. The molecule has 0 radical (unpaired) electrons. The molecular weight excluding hydrogens is 462 g/mol. The van der Waals surface area contributed by atoms with Gasteiger partial charge in [0.25, 0.3) is 0 Å². The van der Waals surface area contributed by atoms with Gasteiger partial charge in [-0.15, -0.1) is 0 Å². The fourth-order valence-electron chi connectivity index (χ4n) is 6.30. The summed E-state index contributed by atoms with van der Waals surface area (Å²) in [6.07, 6.45) is 6.83. The van der Waals surface area contributed by atoms with Crippen LogP contribution in [0, 0.1) is 0 Å². The first-order valence-electron chi connectivity index (χ1n) is 14.8. The monoisotopic (exact) mass is 505 g/mol. The Kier molecular flexibility index (Phi) is 8.44. The first-order chi connectivity index (χ1) is 18.7. The van der Waals surface area contributed by atoms with Crippen molar-refractivity contribution in [2.75, 3.05) is 6.54 Å². The van der Waals surface area contributed by atoms with E-state index in [1.807, 2.05) is 0 Å². The SMILES string of the molecule is CCc1cccc(-c2nc(-c3c(CC)cccc3CC)n(CC)c2CN2CCCCC2c2ccccc2)c1. The van der Waals surface area contributed by atoms with Gasteiger partial charge < -0.3 is 4.57 Å². The second-order valence-electron chi connectivity index (χ2n) is 10.6. The number of rotatable bonds is 9. The average Bonchev–Trinajstić information content (AvgIpc) is 3.34. The third-order valence-corrected chi connectivity index (χ3v) is 8.37. The minimum Gasteiger partial charge on any atom is -0.327 e. The molecule has 0 N–H and O–H groups in total. The van der Waals surface area contributed by atoms with Crippen LogP contribution in [-0.2, 0) is 32.4 Å². The summed E-state index contributed by atoms with van der Waals surface area (Å²) in [7, 11) is 0. The molecule has 1 unspecified atom stereocenters. The number of aromatic nitrogens is 2. The quantitative estimate of drug-likeness (QED) is 0.227. The van der Waals surface area contributed by atoms with Gasteiger partial charge in [0.05, 0.1) is 11.4 Å². The predicted molar refractivity (Wildman–Crippen MR) is 160 cm³/mol. The maximum Gasteiger partial charge on any atom is 0.141 e. The van der Waals surface area contributed by atoms with Crippen molar-refractivity contribution >= 4 is 0 Å². The summed E-state index contributed by atoms with van der Waals surface area (Å²) in [6.45, 7) is 12.0. The van der Waals surface area contributed by atoms with E-state index in [9.17, 15) is 0 Å². The van der Waals surface area contributed by atoms with E-state index in [1.165, 1.54) is 58.3 Å². The molecule has 1 fully saturated rings. The number of aryl methyl sites for hydroxylation is 3. The van der Waals surface area contributed by atoms with Gasteiger partial charge in [0, 0.05) is 30.3 Å². The lowest BCUT2D eigenvalue weighted by Gasteiger charge is -2.36. The number of likely N-dealkylation sites (tertiary alicyclic amines) is 1. The molecule has 0 bridgehead atoms. The van der Waals surface area contributed by atoms with E-state index < -0.39 is 0 Å². The normalized spacial score (nSPS) is 16.2. The summed E-state index contributed by atoms with van der Waals surface area (Å²) < 4.78 is 2.53. The van der Waals surface area contributed by atoms with Crippen molar-refractivity contribution in [2.24, 2.45) is 0 Å². The Labute approximate surface area is 229 Å². The first kappa shape index (κ1) is 26.4. The maximum atomic E-state index is 5.51. The Morgan fingerprint density at radius 1 is 0.789 bits per heavy atom. The zero-order chi connectivity index (χ0) is 26.5. The summed E-state index contributed by atoms with van der Waals surface area (Å²) in [4.78, 5) is 8.23. The Morgan fingerprint density at radius 3 is 2.21 bits per heavy atom. The molecule has 1 aliphatic rings. The lowest BCUT2D eigenvalue weighted by Crippen LogP contribution is -2.33. The smallest absolute Gasteiger partial charge is 0.141 e. The lowest BCUT2D eigenvalue weighted by atomic mass is 9.94. The molecule has 0 amide bonds. The number of piperidine rings is 1. The molecular formula is C35H43N3. The van der Waals surface area contributed by atoms with Gasteiger partial charge in [-0.05, 0) is 73.9 Å². The van der Waals surface area contributed by atoms with Crippen molar-refractivity contribution in [1.82, 2.24) is 14.5 Å². The highest BCUT2D eigenvalue weighted by molar-refractivity contribution is 5.72. The van der Waals surface area contributed by atoms with E-state index in [0.717, 1.165) is 50.4 Å². The number of nitrogens with zero attached hydrogens (tertiary/aromatic N) is 3. The molecule has 1 saturated heterocycles. The standard InChI is InChI=1S/C35H43N3/c1-5-26-16-14-21-30(24-26)34-32(25-37-23-13-12-22-31(37)29-17-10-9-11-18-29)38(8-4)35(36-34)33-27(6-2)19-15-20-28(33)7-3/h9-11,14-21,24,31H,5-8,12-13,22-23,25H2,1-4H3. The van der Waals surface area contributed by atoms with Crippen molar-refractivity contribution in [3.8, 4) is 22.6 Å². The molecule has 0 saturated carbocycles. The third kappa shape index (κ3) is 5.22. The Hall–Kier alpha value is -3.17. The minimum atomic E-state index is 0.456. The van der Waals surface area contributed by atoms with E-state index in [1.54, 1.807) is 0 Å². The molecule has 5 rings (SSSR count). The fraction of sp³-hybridized carbons (Fsp3) is 0.400. The van der Waals surface area contributed by atoms with Crippen LogP contribution in [0.2, 0.25) is 0 Å². The number of hydrogen-bond acceptors (Lipinski definition) is 2. The van der Waals surface area contributed by atoms with Crippen molar-refractivity contribution in [1.29, 1.82) is 0 Å². The van der Waals surface area contributed by atoms with Gasteiger partial charge in [0.2, 0.25) is 0 Å². The first-order valence-corrected chi connectivity index (χ1v) is 14.8. The van der Waals surface area contributed by atoms with Crippen LogP contribution in [0.5, 0.6) is 0 Å². The molecule has 38 heavy (non-hydrogen) atoms. The predicted octanol–water partition coefficient (Wildman–Crippen LogP) is 8.65. The van der Waals surface area contributed by atoms with Gasteiger partial charge in [0.1, 0.15) is 5.82 Å². The van der Waals surface area contributed by atoms with Crippen LogP contribution in [0.3, 0.4) is 0 Å². The minimum absolute atomic E-state index is 0.456. The van der Waals surface area contributed by atoms with Gasteiger partial charge in [-0.2, -0.15) is 0 Å². The number of hydrogen-bond donors (Lipinski definition) is 0. The molecule has 3 heteroatoms. The lowest BCUT2D eigenvalue weighted by molar-refractivity contribution is 0.137. The second kappa shape index (κ2) is 12.1. The summed E-state index contributed by atoms with van der Waals surface area (Å²) in [6, 6.07) is 27.4. The van der Waals surface area contributed by atoms with Gasteiger partial charge in [-0.3, -0.25) is 4.90 Å². The molecule has 4 aromatic rings. The molecule has 0 spiro atoms.